The van der Waals surface area contributed by atoms with Gasteiger partial charge in [-0.15, -0.1) is 0 Å². The van der Waals surface area contributed by atoms with Crippen LogP contribution in [0, 0.1) is 17.8 Å². The van der Waals surface area contributed by atoms with Crippen LogP contribution in [0.25, 0.3) is 0 Å². The van der Waals surface area contributed by atoms with Crippen molar-refractivity contribution in [1.29, 1.82) is 0 Å². The molecule has 1 nitrogen and oxygen atoms in total. The topological polar surface area (TPSA) is 12.0 Å². The predicted molar refractivity (Wildman–Crippen MR) is 63.1 cm³/mol. The summed E-state index contributed by atoms with van der Waals surface area (Å²) in [4.78, 5) is 0. The molecule has 0 aromatic carbocycles. The van der Waals surface area contributed by atoms with Crippen LogP contribution in [0.5, 0.6) is 0 Å². The number of nitrogens with one attached hydrogen (secondary N) is 1. The molecular formula is C13H25N. The van der Waals surface area contributed by atoms with Crippen LogP contribution < -0.4 is 5.32 Å². The molecule has 0 aromatic rings. The first kappa shape index (κ1) is 11.6. The van der Waals surface area contributed by atoms with Gasteiger partial charge in [-0.3, -0.25) is 0 Å². The maximum absolute atomic E-state index is 4.04. The van der Waals surface area contributed by atoms with Gasteiger partial charge in [0, 0.05) is 12.2 Å². The van der Waals surface area contributed by atoms with Gasteiger partial charge in [0.25, 0.3) is 0 Å². The van der Waals surface area contributed by atoms with Gasteiger partial charge in [-0.05, 0) is 37.0 Å². The fraction of sp³-hybridized carbons (Fsp3) is 0.846. The van der Waals surface area contributed by atoms with E-state index in [0.717, 1.165) is 30.7 Å². The molecule has 1 saturated carbocycles. The molecule has 0 aliphatic heterocycles. The van der Waals surface area contributed by atoms with Crippen LogP contribution in [0.1, 0.15) is 46.5 Å². The zero-order valence-electron chi connectivity index (χ0n) is 9.97. The molecule has 1 N–H and O–H groups in total. The first-order valence-corrected chi connectivity index (χ1v) is 6.05. The lowest BCUT2D eigenvalue weighted by molar-refractivity contribution is 0.403. The van der Waals surface area contributed by atoms with E-state index in [9.17, 15) is 0 Å². The lowest BCUT2D eigenvalue weighted by Crippen LogP contribution is -2.23. The van der Waals surface area contributed by atoms with E-state index in [1.807, 2.05) is 0 Å². The number of hydrogen-bond donors (Lipinski definition) is 1. The molecule has 0 aromatic heterocycles. The highest BCUT2D eigenvalue weighted by Crippen LogP contribution is 2.35. The van der Waals surface area contributed by atoms with E-state index in [2.05, 4.69) is 32.7 Å². The molecule has 0 bridgehead atoms. The van der Waals surface area contributed by atoms with E-state index in [1.54, 1.807) is 0 Å². The molecule has 1 rings (SSSR count). The molecule has 0 spiro atoms. The average molecular weight is 195 g/mol. The Morgan fingerprint density at radius 1 is 1.36 bits per heavy atom. The molecule has 0 radical (unpaired) electrons. The predicted octanol–water partition coefficient (Wildman–Crippen LogP) is 3.57. The molecule has 0 heterocycles. The molecule has 1 aliphatic rings. The van der Waals surface area contributed by atoms with Crippen LogP contribution in [0.3, 0.4) is 0 Å². The molecule has 0 amide bonds. The minimum atomic E-state index is 0.874. The summed E-state index contributed by atoms with van der Waals surface area (Å²) in [5.41, 5.74) is 1.22. The van der Waals surface area contributed by atoms with Gasteiger partial charge in [0.1, 0.15) is 0 Å². The molecule has 1 aliphatic carbocycles. The largest absolute Gasteiger partial charge is 0.389 e. The summed E-state index contributed by atoms with van der Waals surface area (Å²) in [7, 11) is 0. The van der Waals surface area contributed by atoms with Crippen molar-refractivity contribution in [2.24, 2.45) is 17.8 Å². The van der Waals surface area contributed by atoms with Crippen LogP contribution >= 0.6 is 0 Å². The lowest BCUT2D eigenvalue weighted by atomic mass is 9.98. The Morgan fingerprint density at radius 3 is 2.57 bits per heavy atom. The summed E-state index contributed by atoms with van der Waals surface area (Å²) in [5, 5.41) is 3.48. The van der Waals surface area contributed by atoms with Crippen LogP contribution in [0.2, 0.25) is 0 Å². The van der Waals surface area contributed by atoms with Crippen LogP contribution in [0.15, 0.2) is 12.3 Å². The van der Waals surface area contributed by atoms with E-state index < -0.39 is 0 Å². The smallest absolute Gasteiger partial charge is 0.0174 e. The van der Waals surface area contributed by atoms with Gasteiger partial charge in [0.15, 0.2) is 0 Å². The molecule has 0 saturated heterocycles. The van der Waals surface area contributed by atoms with Crippen molar-refractivity contribution in [2.75, 3.05) is 6.54 Å². The van der Waals surface area contributed by atoms with Crippen molar-refractivity contribution in [2.45, 2.75) is 46.5 Å². The molecule has 82 valence electrons. The van der Waals surface area contributed by atoms with Crippen molar-refractivity contribution in [3.05, 3.63) is 12.3 Å². The van der Waals surface area contributed by atoms with Crippen LogP contribution in [-0.2, 0) is 0 Å². The second-order valence-corrected chi connectivity index (χ2v) is 5.05. The zero-order valence-corrected chi connectivity index (χ0v) is 9.97. The Morgan fingerprint density at radius 2 is 2.07 bits per heavy atom. The van der Waals surface area contributed by atoms with Gasteiger partial charge in [-0.2, -0.15) is 0 Å². The third kappa shape index (κ3) is 3.36. The van der Waals surface area contributed by atoms with Crippen molar-refractivity contribution in [1.82, 2.24) is 5.32 Å². The second-order valence-electron chi connectivity index (χ2n) is 5.05. The monoisotopic (exact) mass is 195 g/mol. The maximum atomic E-state index is 4.04. The summed E-state index contributed by atoms with van der Waals surface area (Å²) < 4.78 is 0. The molecule has 3 atom stereocenters. The quantitative estimate of drug-likeness (QED) is 0.707. The Hall–Kier alpha value is -0.460. The molecule has 14 heavy (non-hydrogen) atoms. The van der Waals surface area contributed by atoms with Crippen molar-refractivity contribution in [3.63, 3.8) is 0 Å². The van der Waals surface area contributed by atoms with Crippen molar-refractivity contribution in [3.8, 4) is 0 Å². The normalized spacial score (nSPS) is 31.8. The fourth-order valence-corrected chi connectivity index (χ4v) is 2.62. The average Bonchev–Trinajstić information content (AvgIpc) is 2.42. The van der Waals surface area contributed by atoms with Gasteiger partial charge >= 0.3 is 0 Å². The maximum Gasteiger partial charge on any atom is 0.0174 e. The summed E-state index contributed by atoms with van der Waals surface area (Å²) in [6.07, 6.45) is 5.12. The van der Waals surface area contributed by atoms with Gasteiger partial charge in [-0.1, -0.05) is 33.8 Å². The van der Waals surface area contributed by atoms with Gasteiger partial charge < -0.3 is 5.32 Å². The molecular weight excluding hydrogens is 170 g/mol. The Kier molecular flexibility index (Phi) is 4.50. The highest BCUT2D eigenvalue weighted by molar-refractivity contribution is 4.92. The third-order valence-corrected chi connectivity index (χ3v) is 3.45. The summed E-state index contributed by atoms with van der Waals surface area (Å²) in [6.45, 7) is 12.1. The first-order chi connectivity index (χ1) is 6.63. The van der Waals surface area contributed by atoms with E-state index in [0.29, 0.717) is 0 Å². The van der Waals surface area contributed by atoms with Crippen molar-refractivity contribution < 1.29 is 0 Å². The number of allylic oxidation sites excluding steroid dienone is 1. The van der Waals surface area contributed by atoms with Gasteiger partial charge in [0.2, 0.25) is 0 Å². The Balaban J connectivity index is 2.21. The molecule has 3 unspecified atom stereocenters. The minimum absolute atomic E-state index is 0.874. The molecule has 1 heteroatoms. The minimum Gasteiger partial charge on any atom is -0.389 e. The third-order valence-electron chi connectivity index (χ3n) is 3.45. The van der Waals surface area contributed by atoms with Gasteiger partial charge in [-0.25, -0.2) is 0 Å². The number of rotatable bonds is 5. The second kappa shape index (κ2) is 5.43. The first-order valence-electron chi connectivity index (χ1n) is 6.05. The lowest BCUT2D eigenvalue weighted by Gasteiger charge is -2.17. The SMILES string of the molecule is C=C(CCC)NCC1CC(C)CC1C. The highest BCUT2D eigenvalue weighted by atomic mass is 14.9. The van der Waals surface area contributed by atoms with E-state index in [-0.39, 0.29) is 0 Å². The standard InChI is InChI=1S/C13H25N/c1-5-6-12(4)14-9-13-8-10(2)7-11(13)3/h10-11,13-14H,4-9H2,1-3H3. The zero-order chi connectivity index (χ0) is 10.6. The summed E-state index contributed by atoms with van der Waals surface area (Å²) in [5.74, 6) is 2.70. The van der Waals surface area contributed by atoms with Crippen molar-refractivity contribution >= 4 is 0 Å². The van der Waals surface area contributed by atoms with E-state index >= 15 is 0 Å². The fourth-order valence-electron chi connectivity index (χ4n) is 2.62. The van der Waals surface area contributed by atoms with Crippen LogP contribution in [-0.4, -0.2) is 6.54 Å². The Bertz CT molecular complexity index is 186. The van der Waals surface area contributed by atoms with Gasteiger partial charge in [0.05, 0.1) is 0 Å². The summed E-state index contributed by atoms with van der Waals surface area (Å²) >= 11 is 0. The Labute approximate surface area is 89.0 Å². The van der Waals surface area contributed by atoms with E-state index in [4.69, 9.17) is 0 Å². The summed E-state index contributed by atoms with van der Waals surface area (Å²) in [6, 6.07) is 0. The van der Waals surface area contributed by atoms with Crippen LogP contribution in [0.4, 0.5) is 0 Å². The highest BCUT2D eigenvalue weighted by Gasteiger charge is 2.28. The number of hydrogen-bond acceptors (Lipinski definition) is 1. The molecule has 1 fully saturated rings. The van der Waals surface area contributed by atoms with E-state index in [1.165, 1.54) is 25.0 Å².